The van der Waals surface area contributed by atoms with Crippen molar-refractivity contribution < 1.29 is 0 Å². The molecular weight excluding hydrogens is 210 g/mol. The summed E-state index contributed by atoms with van der Waals surface area (Å²) in [5.41, 5.74) is 0. The number of hydrogen-bond acceptors (Lipinski definition) is 3. The zero-order valence-corrected chi connectivity index (χ0v) is 11.9. The molecule has 1 atom stereocenters. The predicted octanol–water partition coefficient (Wildman–Crippen LogP) is 1.35. The van der Waals surface area contributed by atoms with E-state index in [9.17, 15) is 0 Å². The van der Waals surface area contributed by atoms with Gasteiger partial charge in [0.15, 0.2) is 0 Å². The van der Waals surface area contributed by atoms with Gasteiger partial charge in [-0.15, -0.1) is 0 Å². The van der Waals surface area contributed by atoms with E-state index in [4.69, 9.17) is 0 Å². The second-order valence-corrected chi connectivity index (χ2v) is 6.18. The smallest absolute Gasteiger partial charge is 0.0110 e. The molecule has 2 saturated heterocycles. The van der Waals surface area contributed by atoms with Gasteiger partial charge in [0.05, 0.1) is 0 Å². The molecule has 2 rings (SSSR count). The fourth-order valence-electron chi connectivity index (χ4n) is 3.00. The third-order valence-electron chi connectivity index (χ3n) is 4.50. The first kappa shape index (κ1) is 13.3. The van der Waals surface area contributed by atoms with Gasteiger partial charge in [-0.2, -0.15) is 0 Å². The third-order valence-corrected chi connectivity index (χ3v) is 4.50. The van der Waals surface area contributed by atoms with E-state index in [-0.39, 0.29) is 0 Å². The number of piperazine rings is 1. The van der Waals surface area contributed by atoms with Gasteiger partial charge in [-0.25, -0.2) is 0 Å². The van der Waals surface area contributed by atoms with Crippen molar-refractivity contribution in [3.05, 3.63) is 0 Å². The molecule has 3 nitrogen and oxygen atoms in total. The van der Waals surface area contributed by atoms with Crippen molar-refractivity contribution in [1.82, 2.24) is 14.7 Å². The zero-order valence-electron chi connectivity index (χ0n) is 11.9. The van der Waals surface area contributed by atoms with Crippen molar-refractivity contribution in [3.63, 3.8) is 0 Å². The molecule has 0 amide bonds. The van der Waals surface area contributed by atoms with Gasteiger partial charge in [0, 0.05) is 38.8 Å². The molecule has 0 aromatic carbocycles. The highest BCUT2D eigenvalue weighted by Crippen LogP contribution is 2.21. The molecule has 2 heterocycles. The van der Waals surface area contributed by atoms with E-state index < -0.39 is 0 Å². The minimum atomic E-state index is 0.739. The summed E-state index contributed by atoms with van der Waals surface area (Å²) >= 11 is 0. The van der Waals surface area contributed by atoms with Crippen molar-refractivity contribution in [1.29, 1.82) is 0 Å². The van der Waals surface area contributed by atoms with Crippen LogP contribution in [-0.2, 0) is 0 Å². The van der Waals surface area contributed by atoms with E-state index >= 15 is 0 Å². The van der Waals surface area contributed by atoms with E-state index in [0.29, 0.717) is 0 Å². The standard InChI is InChI=1S/C14H29N3/c1-13(2)17-7-5-14(12-17)4-6-16-10-8-15(3)9-11-16/h13-14H,4-12H2,1-3H3. The Morgan fingerprint density at radius 2 is 1.76 bits per heavy atom. The summed E-state index contributed by atoms with van der Waals surface area (Å²) in [6.07, 6.45) is 2.83. The lowest BCUT2D eigenvalue weighted by Crippen LogP contribution is -2.45. The summed E-state index contributed by atoms with van der Waals surface area (Å²) < 4.78 is 0. The van der Waals surface area contributed by atoms with Crippen LogP contribution in [0, 0.1) is 5.92 Å². The van der Waals surface area contributed by atoms with Gasteiger partial charge in [-0.1, -0.05) is 0 Å². The Morgan fingerprint density at radius 1 is 1.06 bits per heavy atom. The van der Waals surface area contributed by atoms with Crippen LogP contribution < -0.4 is 0 Å². The average molecular weight is 239 g/mol. The Labute approximate surface area is 107 Å². The van der Waals surface area contributed by atoms with E-state index in [0.717, 1.165) is 12.0 Å². The van der Waals surface area contributed by atoms with E-state index in [1.165, 1.54) is 58.7 Å². The summed E-state index contributed by atoms with van der Waals surface area (Å²) in [5, 5.41) is 0. The number of nitrogens with zero attached hydrogens (tertiary/aromatic N) is 3. The molecule has 0 saturated carbocycles. The topological polar surface area (TPSA) is 9.72 Å². The first-order chi connectivity index (χ1) is 8.15. The maximum atomic E-state index is 2.65. The fourth-order valence-corrected chi connectivity index (χ4v) is 3.00. The van der Waals surface area contributed by atoms with Crippen LogP contribution in [0.2, 0.25) is 0 Å². The molecule has 0 aromatic rings. The van der Waals surface area contributed by atoms with Gasteiger partial charge in [0.1, 0.15) is 0 Å². The minimum Gasteiger partial charge on any atom is -0.304 e. The van der Waals surface area contributed by atoms with Crippen LogP contribution in [0.15, 0.2) is 0 Å². The molecule has 0 aliphatic carbocycles. The first-order valence-electron chi connectivity index (χ1n) is 7.30. The van der Waals surface area contributed by atoms with E-state index in [1.807, 2.05) is 0 Å². The van der Waals surface area contributed by atoms with Crippen LogP contribution in [0.3, 0.4) is 0 Å². The van der Waals surface area contributed by atoms with E-state index in [2.05, 4.69) is 35.6 Å². The average Bonchev–Trinajstić information content (AvgIpc) is 2.77. The summed E-state index contributed by atoms with van der Waals surface area (Å²) in [5.74, 6) is 0.956. The first-order valence-corrected chi connectivity index (χ1v) is 7.30. The Hall–Kier alpha value is -0.120. The molecule has 1 unspecified atom stereocenters. The third kappa shape index (κ3) is 3.94. The Kier molecular flexibility index (Phi) is 4.83. The Bertz CT molecular complexity index is 222. The van der Waals surface area contributed by atoms with Crippen LogP contribution in [0.4, 0.5) is 0 Å². The highest BCUT2D eigenvalue weighted by Gasteiger charge is 2.24. The molecule has 2 aliphatic heterocycles. The highest BCUT2D eigenvalue weighted by molar-refractivity contribution is 4.79. The van der Waals surface area contributed by atoms with E-state index in [1.54, 1.807) is 0 Å². The molecule has 3 heteroatoms. The van der Waals surface area contributed by atoms with Crippen molar-refractivity contribution in [3.8, 4) is 0 Å². The van der Waals surface area contributed by atoms with Crippen molar-refractivity contribution in [2.45, 2.75) is 32.7 Å². The molecule has 0 aromatic heterocycles. The Balaban J connectivity index is 1.63. The number of likely N-dealkylation sites (N-methyl/N-ethyl adjacent to an activating group) is 1. The summed E-state index contributed by atoms with van der Waals surface area (Å²) in [6, 6.07) is 0.739. The van der Waals surface area contributed by atoms with Crippen molar-refractivity contribution in [2.75, 3.05) is 52.9 Å². The lowest BCUT2D eigenvalue weighted by Gasteiger charge is -2.32. The second-order valence-electron chi connectivity index (χ2n) is 6.18. The molecule has 0 bridgehead atoms. The quantitative estimate of drug-likeness (QED) is 0.733. The maximum Gasteiger partial charge on any atom is 0.0110 e. The lowest BCUT2D eigenvalue weighted by atomic mass is 10.0. The van der Waals surface area contributed by atoms with Gasteiger partial charge in [-0.3, -0.25) is 0 Å². The molecule has 0 radical (unpaired) electrons. The summed E-state index contributed by atoms with van der Waals surface area (Å²) in [4.78, 5) is 7.72. The minimum absolute atomic E-state index is 0.739. The van der Waals surface area contributed by atoms with Crippen LogP contribution in [0.25, 0.3) is 0 Å². The molecule has 0 N–H and O–H groups in total. The van der Waals surface area contributed by atoms with Gasteiger partial charge in [-0.05, 0) is 52.7 Å². The number of hydrogen-bond donors (Lipinski definition) is 0. The lowest BCUT2D eigenvalue weighted by molar-refractivity contribution is 0.146. The fraction of sp³-hybridized carbons (Fsp3) is 1.00. The number of likely N-dealkylation sites (tertiary alicyclic amines) is 1. The van der Waals surface area contributed by atoms with Crippen LogP contribution in [-0.4, -0.2) is 73.6 Å². The van der Waals surface area contributed by atoms with Crippen molar-refractivity contribution >= 4 is 0 Å². The summed E-state index contributed by atoms with van der Waals surface area (Å²) in [7, 11) is 2.23. The van der Waals surface area contributed by atoms with Gasteiger partial charge >= 0.3 is 0 Å². The van der Waals surface area contributed by atoms with Crippen molar-refractivity contribution in [2.24, 2.45) is 5.92 Å². The Morgan fingerprint density at radius 3 is 2.35 bits per heavy atom. The predicted molar refractivity (Wildman–Crippen MR) is 73.4 cm³/mol. The molecule has 17 heavy (non-hydrogen) atoms. The van der Waals surface area contributed by atoms with Crippen LogP contribution in [0.5, 0.6) is 0 Å². The molecular formula is C14H29N3. The monoisotopic (exact) mass is 239 g/mol. The van der Waals surface area contributed by atoms with Gasteiger partial charge in [0.2, 0.25) is 0 Å². The van der Waals surface area contributed by atoms with Gasteiger partial charge in [0.25, 0.3) is 0 Å². The normalized spacial score (nSPS) is 29.3. The zero-order chi connectivity index (χ0) is 12.3. The van der Waals surface area contributed by atoms with Crippen LogP contribution >= 0.6 is 0 Å². The summed E-state index contributed by atoms with van der Waals surface area (Å²) in [6.45, 7) is 13.7. The molecule has 100 valence electrons. The number of rotatable bonds is 4. The maximum absolute atomic E-state index is 2.65. The van der Waals surface area contributed by atoms with Gasteiger partial charge < -0.3 is 14.7 Å². The molecule has 2 fully saturated rings. The highest BCUT2D eigenvalue weighted by atomic mass is 15.2. The molecule has 2 aliphatic rings. The molecule has 0 spiro atoms. The SMILES string of the molecule is CC(C)N1CCC(CCN2CCN(C)CC2)C1. The largest absolute Gasteiger partial charge is 0.304 e. The van der Waals surface area contributed by atoms with Crippen LogP contribution in [0.1, 0.15) is 26.7 Å². The second kappa shape index (κ2) is 6.17.